The Hall–Kier alpha value is -1.88. The van der Waals surface area contributed by atoms with Crippen molar-refractivity contribution in [1.29, 1.82) is 0 Å². The predicted octanol–water partition coefficient (Wildman–Crippen LogP) is 1.86. The van der Waals surface area contributed by atoms with Gasteiger partial charge in [0, 0.05) is 30.7 Å². The van der Waals surface area contributed by atoms with E-state index in [9.17, 15) is 9.59 Å². The number of hydrogen-bond acceptors (Lipinski definition) is 3. The van der Waals surface area contributed by atoms with Crippen LogP contribution in [0.25, 0.3) is 0 Å². The number of anilines is 1. The van der Waals surface area contributed by atoms with E-state index in [2.05, 4.69) is 22.5 Å². The monoisotopic (exact) mass is 315 g/mol. The van der Waals surface area contributed by atoms with Crippen LogP contribution in [0.1, 0.15) is 26.2 Å². The van der Waals surface area contributed by atoms with Gasteiger partial charge in [0.2, 0.25) is 11.8 Å². The second-order valence-electron chi connectivity index (χ2n) is 6.79. The number of likely N-dealkylation sites (tertiary alicyclic amines) is 1. The van der Waals surface area contributed by atoms with Crippen LogP contribution in [0, 0.1) is 11.8 Å². The lowest BCUT2D eigenvalue weighted by Crippen LogP contribution is -2.47. The fourth-order valence-corrected chi connectivity index (χ4v) is 3.16. The van der Waals surface area contributed by atoms with Gasteiger partial charge in [-0.05, 0) is 37.3 Å². The fourth-order valence-electron chi connectivity index (χ4n) is 3.16. The van der Waals surface area contributed by atoms with Crippen molar-refractivity contribution in [1.82, 2.24) is 10.2 Å². The van der Waals surface area contributed by atoms with Crippen LogP contribution in [-0.4, -0.2) is 42.4 Å². The molecule has 124 valence electrons. The van der Waals surface area contributed by atoms with Crippen molar-refractivity contribution in [3.63, 3.8) is 0 Å². The van der Waals surface area contributed by atoms with Crippen molar-refractivity contribution in [2.24, 2.45) is 11.8 Å². The summed E-state index contributed by atoms with van der Waals surface area (Å²) in [4.78, 5) is 26.2. The van der Waals surface area contributed by atoms with E-state index < -0.39 is 0 Å². The lowest BCUT2D eigenvalue weighted by atomic mass is 10.0. The number of benzene rings is 1. The summed E-state index contributed by atoms with van der Waals surface area (Å²) < 4.78 is 0. The van der Waals surface area contributed by atoms with Crippen LogP contribution in [0.5, 0.6) is 0 Å². The van der Waals surface area contributed by atoms with Crippen LogP contribution >= 0.6 is 0 Å². The van der Waals surface area contributed by atoms with Crippen molar-refractivity contribution < 1.29 is 9.59 Å². The molecule has 0 bridgehead atoms. The zero-order valence-electron chi connectivity index (χ0n) is 13.6. The molecule has 1 aliphatic carbocycles. The molecule has 5 heteroatoms. The highest BCUT2D eigenvalue weighted by Gasteiger charge is 2.39. The Kier molecular flexibility index (Phi) is 4.96. The summed E-state index contributed by atoms with van der Waals surface area (Å²) in [5.74, 6) is 1.03. The first-order chi connectivity index (χ1) is 11.1. The van der Waals surface area contributed by atoms with Crippen molar-refractivity contribution in [3.05, 3.63) is 30.3 Å². The summed E-state index contributed by atoms with van der Waals surface area (Å²) in [5.41, 5.74) is 0.832. The molecule has 1 saturated carbocycles. The summed E-state index contributed by atoms with van der Waals surface area (Å²) in [5, 5.41) is 6.07. The maximum atomic E-state index is 12.1. The molecule has 0 unspecified atom stereocenters. The molecule has 1 aromatic rings. The van der Waals surface area contributed by atoms with Crippen molar-refractivity contribution in [3.8, 4) is 0 Å². The second-order valence-corrected chi connectivity index (χ2v) is 6.79. The maximum Gasteiger partial charge on any atom is 0.238 e. The summed E-state index contributed by atoms with van der Waals surface area (Å²) >= 11 is 0. The Morgan fingerprint density at radius 2 is 1.83 bits per heavy atom. The molecule has 2 amide bonds. The third-order valence-corrected chi connectivity index (χ3v) is 4.80. The Balaban J connectivity index is 1.37. The average molecular weight is 315 g/mol. The second kappa shape index (κ2) is 7.13. The van der Waals surface area contributed by atoms with Crippen LogP contribution in [0.3, 0.4) is 0 Å². The van der Waals surface area contributed by atoms with Gasteiger partial charge >= 0.3 is 0 Å². The van der Waals surface area contributed by atoms with Crippen molar-refractivity contribution >= 4 is 17.5 Å². The zero-order valence-corrected chi connectivity index (χ0v) is 13.6. The molecular formula is C18H25N3O2. The minimum Gasteiger partial charge on any atom is -0.353 e. The average Bonchev–Trinajstić information content (AvgIpc) is 3.27. The number of hydrogen-bond donors (Lipinski definition) is 2. The molecule has 2 N–H and O–H groups in total. The molecule has 5 nitrogen and oxygen atoms in total. The Morgan fingerprint density at radius 3 is 2.43 bits per heavy atom. The molecule has 1 heterocycles. The molecule has 2 atom stereocenters. The lowest BCUT2D eigenvalue weighted by molar-refractivity contribution is -0.124. The van der Waals surface area contributed by atoms with Gasteiger partial charge in [-0.2, -0.15) is 0 Å². The first-order valence-electron chi connectivity index (χ1n) is 8.49. The number of carbonyl (C=O) groups is 2. The number of carbonyl (C=O) groups excluding carboxylic acids is 2. The summed E-state index contributed by atoms with van der Waals surface area (Å²) in [6.07, 6.45) is 2.88. The highest BCUT2D eigenvalue weighted by atomic mass is 16.2. The topological polar surface area (TPSA) is 61.4 Å². The van der Waals surface area contributed by atoms with Crippen LogP contribution < -0.4 is 10.6 Å². The SMILES string of the molecule is C[C@@H]1C[C@H]1C(=O)NC1CCN(CC(=O)Nc2ccccc2)CC1. The Labute approximate surface area is 137 Å². The minimum atomic E-state index is 0.0190. The van der Waals surface area contributed by atoms with Gasteiger partial charge in [-0.15, -0.1) is 0 Å². The molecule has 1 aromatic carbocycles. The predicted molar refractivity (Wildman–Crippen MR) is 89.9 cm³/mol. The largest absolute Gasteiger partial charge is 0.353 e. The number of nitrogens with zero attached hydrogens (tertiary/aromatic N) is 1. The van der Waals surface area contributed by atoms with Crippen LogP contribution in [0.2, 0.25) is 0 Å². The third-order valence-electron chi connectivity index (χ3n) is 4.80. The molecule has 1 aliphatic heterocycles. The summed E-state index contributed by atoms with van der Waals surface area (Å²) in [6.45, 7) is 4.24. The quantitative estimate of drug-likeness (QED) is 0.872. The van der Waals surface area contributed by atoms with Gasteiger partial charge in [0.1, 0.15) is 0 Å². The Bertz CT molecular complexity index is 553. The van der Waals surface area contributed by atoms with E-state index in [1.54, 1.807) is 0 Å². The molecule has 2 aliphatic rings. The number of rotatable bonds is 5. The smallest absolute Gasteiger partial charge is 0.238 e. The van der Waals surface area contributed by atoms with E-state index in [-0.39, 0.29) is 23.8 Å². The number of amides is 2. The van der Waals surface area contributed by atoms with Crippen molar-refractivity contribution in [2.45, 2.75) is 32.2 Å². The van der Waals surface area contributed by atoms with E-state index >= 15 is 0 Å². The molecule has 0 radical (unpaired) electrons. The zero-order chi connectivity index (χ0) is 16.2. The van der Waals surface area contributed by atoms with E-state index in [0.717, 1.165) is 38.0 Å². The van der Waals surface area contributed by atoms with E-state index in [4.69, 9.17) is 0 Å². The highest BCUT2D eigenvalue weighted by molar-refractivity contribution is 5.92. The van der Waals surface area contributed by atoms with Crippen LogP contribution in [-0.2, 0) is 9.59 Å². The standard InChI is InChI=1S/C18H25N3O2/c1-13-11-16(13)18(23)20-15-7-9-21(10-8-15)12-17(22)19-14-5-3-2-4-6-14/h2-6,13,15-16H,7-12H2,1H3,(H,19,22)(H,20,23)/t13-,16-/m1/s1. The van der Waals surface area contributed by atoms with Gasteiger partial charge in [-0.3, -0.25) is 14.5 Å². The molecule has 3 rings (SSSR count). The maximum absolute atomic E-state index is 12.1. The number of nitrogens with one attached hydrogen (secondary N) is 2. The molecular weight excluding hydrogens is 290 g/mol. The normalized spacial score (nSPS) is 24.9. The van der Waals surface area contributed by atoms with Crippen molar-refractivity contribution in [2.75, 3.05) is 25.0 Å². The first-order valence-corrected chi connectivity index (χ1v) is 8.49. The lowest BCUT2D eigenvalue weighted by Gasteiger charge is -2.31. The summed E-state index contributed by atoms with van der Waals surface area (Å²) in [6, 6.07) is 9.78. The molecule has 0 aromatic heterocycles. The van der Waals surface area contributed by atoms with Crippen LogP contribution in [0.4, 0.5) is 5.69 Å². The molecule has 2 fully saturated rings. The van der Waals surface area contributed by atoms with Gasteiger partial charge in [0.15, 0.2) is 0 Å². The minimum absolute atomic E-state index is 0.0190. The molecule has 1 saturated heterocycles. The molecule has 23 heavy (non-hydrogen) atoms. The van der Waals surface area contributed by atoms with E-state index in [1.807, 2.05) is 30.3 Å². The summed E-state index contributed by atoms with van der Waals surface area (Å²) in [7, 11) is 0. The van der Waals surface area contributed by atoms with Crippen LogP contribution in [0.15, 0.2) is 30.3 Å². The first kappa shape index (κ1) is 16.0. The van der Waals surface area contributed by atoms with Gasteiger partial charge in [-0.25, -0.2) is 0 Å². The van der Waals surface area contributed by atoms with Gasteiger partial charge in [0.25, 0.3) is 0 Å². The van der Waals surface area contributed by atoms with E-state index in [0.29, 0.717) is 12.5 Å². The highest BCUT2D eigenvalue weighted by Crippen LogP contribution is 2.37. The molecule has 0 spiro atoms. The van der Waals surface area contributed by atoms with Gasteiger partial charge < -0.3 is 10.6 Å². The Morgan fingerprint density at radius 1 is 1.17 bits per heavy atom. The number of para-hydroxylation sites is 1. The van der Waals surface area contributed by atoms with Gasteiger partial charge in [0.05, 0.1) is 6.54 Å². The number of piperidine rings is 1. The van der Waals surface area contributed by atoms with Gasteiger partial charge in [-0.1, -0.05) is 25.1 Å². The fraction of sp³-hybridized carbons (Fsp3) is 0.556. The van der Waals surface area contributed by atoms with E-state index in [1.165, 1.54) is 0 Å². The third kappa shape index (κ3) is 4.55.